The van der Waals surface area contributed by atoms with Crippen LogP contribution in [-0.2, 0) is 21.1 Å². The second-order valence-electron chi connectivity index (χ2n) is 6.42. The molecule has 0 unspecified atom stereocenters. The number of hydrogen-bond acceptors (Lipinski definition) is 6. The molecule has 0 spiro atoms. The lowest BCUT2D eigenvalue weighted by atomic mass is 9.89. The van der Waals surface area contributed by atoms with Crippen LogP contribution >= 0.6 is 0 Å². The molecule has 1 aliphatic carbocycles. The van der Waals surface area contributed by atoms with Crippen LogP contribution in [0.5, 0.6) is 0 Å². The number of hydrogen-bond donors (Lipinski definition) is 1. The SMILES string of the molecule is CS(=O)(=O)c1ccc(Cc2nnc(NC(=O)C3CCCCC3)o2)cc1. The van der Waals surface area contributed by atoms with Gasteiger partial charge in [-0.05, 0) is 30.5 Å². The van der Waals surface area contributed by atoms with Crippen molar-refractivity contribution in [1.29, 1.82) is 0 Å². The molecule has 0 aliphatic heterocycles. The topological polar surface area (TPSA) is 102 Å². The zero-order valence-electron chi connectivity index (χ0n) is 14.1. The van der Waals surface area contributed by atoms with Gasteiger partial charge in [-0.3, -0.25) is 10.1 Å². The van der Waals surface area contributed by atoms with Crippen LogP contribution in [0.1, 0.15) is 43.6 Å². The molecule has 3 rings (SSSR count). The zero-order valence-corrected chi connectivity index (χ0v) is 14.9. The van der Waals surface area contributed by atoms with Crippen LogP contribution in [0.4, 0.5) is 6.01 Å². The van der Waals surface area contributed by atoms with Gasteiger partial charge >= 0.3 is 6.01 Å². The first-order valence-electron chi connectivity index (χ1n) is 8.34. The Kier molecular flexibility index (Phi) is 5.17. The van der Waals surface area contributed by atoms with E-state index in [0.29, 0.717) is 12.3 Å². The number of benzene rings is 1. The van der Waals surface area contributed by atoms with Crippen LogP contribution in [0.3, 0.4) is 0 Å². The molecule has 8 heteroatoms. The van der Waals surface area contributed by atoms with Gasteiger partial charge in [0, 0.05) is 12.2 Å². The predicted octanol–water partition coefficient (Wildman–Crippen LogP) is 2.58. The first kappa shape index (κ1) is 17.6. The maximum Gasteiger partial charge on any atom is 0.322 e. The van der Waals surface area contributed by atoms with Crippen molar-refractivity contribution in [2.75, 3.05) is 11.6 Å². The maximum atomic E-state index is 12.2. The molecule has 0 atom stereocenters. The van der Waals surface area contributed by atoms with Crippen LogP contribution < -0.4 is 5.32 Å². The van der Waals surface area contributed by atoms with E-state index in [9.17, 15) is 13.2 Å². The van der Waals surface area contributed by atoms with E-state index in [2.05, 4.69) is 15.5 Å². The number of rotatable bonds is 5. The van der Waals surface area contributed by atoms with E-state index in [0.717, 1.165) is 31.2 Å². The van der Waals surface area contributed by atoms with Gasteiger partial charge in [0.2, 0.25) is 11.8 Å². The van der Waals surface area contributed by atoms with Crippen LogP contribution in [0.2, 0.25) is 0 Å². The van der Waals surface area contributed by atoms with Gasteiger partial charge in [0.1, 0.15) is 0 Å². The van der Waals surface area contributed by atoms with Crippen molar-refractivity contribution in [3.05, 3.63) is 35.7 Å². The molecule has 1 aromatic heterocycles. The highest BCUT2D eigenvalue weighted by Crippen LogP contribution is 2.25. The summed E-state index contributed by atoms with van der Waals surface area (Å²) in [7, 11) is -3.21. The molecule has 1 heterocycles. The third-order valence-corrected chi connectivity index (χ3v) is 5.51. The highest BCUT2D eigenvalue weighted by molar-refractivity contribution is 7.90. The Morgan fingerprint density at radius 1 is 1.16 bits per heavy atom. The summed E-state index contributed by atoms with van der Waals surface area (Å²) in [5.74, 6) is 0.325. The molecule has 0 saturated heterocycles. The van der Waals surface area contributed by atoms with Crippen molar-refractivity contribution in [2.45, 2.75) is 43.4 Å². The minimum atomic E-state index is -3.21. The fraction of sp³-hybridized carbons (Fsp3) is 0.471. The highest BCUT2D eigenvalue weighted by atomic mass is 32.2. The van der Waals surface area contributed by atoms with Crippen LogP contribution in [-0.4, -0.2) is 30.8 Å². The summed E-state index contributed by atoms with van der Waals surface area (Å²) >= 11 is 0. The summed E-state index contributed by atoms with van der Waals surface area (Å²) < 4.78 is 28.4. The molecular formula is C17H21N3O4S. The van der Waals surface area contributed by atoms with Gasteiger partial charge in [-0.2, -0.15) is 0 Å². The Balaban J connectivity index is 1.60. The van der Waals surface area contributed by atoms with E-state index < -0.39 is 9.84 Å². The molecule has 7 nitrogen and oxygen atoms in total. The Bertz CT molecular complexity index is 837. The van der Waals surface area contributed by atoms with Gasteiger partial charge in [0.05, 0.1) is 11.3 Å². The number of amides is 1. The second-order valence-corrected chi connectivity index (χ2v) is 8.43. The van der Waals surface area contributed by atoms with Gasteiger partial charge < -0.3 is 4.42 Å². The van der Waals surface area contributed by atoms with Gasteiger partial charge in [0.15, 0.2) is 9.84 Å². The molecular weight excluding hydrogens is 342 g/mol. The molecule has 0 radical (unpaired) electrons. The van der Waals surface area contributed by atoms with Gasteiger partial charge in [-0.15, -0.1) is 5.10 Å². The summed E-state index contributed by atoms with van der Waals surface area (Å²) in [6, 6.07) is 6.62. The predicted molar refractivity (Wildman–Crippen MR) is 91.9 cm³/mol. The quantitative estimate of drug-likeness (QED) is 0.876. The van der Waals surface area contributed by atoms with E-state index in [1.807, 2.05) is 0 Å². The van der Waals surface area contributed by atoms with E-state index in [4.69, 9.17) is 4.42 Å². The third-order valence-electron chi connectivity index (χ3n) is 4.38. The van der Waals surface area contributed by atoms with Gasteiger partial charge in [-0.1, -0.05) is 36.5 Å². The van der Waals surface area contributed by atoms with Crippen LogP contribution in [0.15, 0.2) is 33.6 Å². The maximum absolute atomic E-state index is 12.2. The van der Waals surface area contributed by atoms with Crippen molar-refractivity contribution in [3.63, 3.8) is 0 Å². The first-order valence-corrected chi connectivity index (χ1v) is 10.2. The van der Waals surface area contributed by atoms with Crippen molar-refractivity contribution in [3.8, 4) is 0 Å². The molecule has 1 amide bonds. The molecule has 1 aromatic carbocycles. The lowest BCUT2D eigenvalue weighted by Gasteiger charge is -2.19. The van der Waals surface area contributed by atoms with E-state index in [1.165, 1.54) is 12.7 Å². The first-order chi connectivity index (χ1) is 11.9. The third kappa shape index (κ3) is 4.66. The van der Waals surface area contributed by atoms with Crippen LogP contribution in [0, 0.1) is 5.92 Å². The Hall–Kier alpha value is -2.22. The lowest BCUT2D eigenvalue weighted by molar-refractivity contribution is -0.120. The summed E-state index contributed by atoms with van der Waals surface area (Å²) in [6.45, 7) is 0. The molecule has 1 N–H and O–H groups in total. The number of nitrogens with one attached hydrogen (secondary N) is 1. The van der Waals surface area contributed by atoms with Crippen molar-refractivity contribution in [2.24, 2.45) is 5.92 Å². The minimum absolute atomic E-state index is 0.0210. The molecule has 0 bridgehead atoms. The number of aromatic nitrogens is 2. The number of nitrogens with zero attached hydrogens (tertiary/aromatic N) is 2. The van der Waals surface area contributed by atoms with Gasteiger partial charge in [0.25, 0.3) is 0 Å². The monoisotopic (exact) mass is 363 g/mol. The fourth-order valence-electron chi connectivity index (χ4n) is 2.98. The second kappa shape index (κ2) is 7.35. The van der Waals surface area contributed by atoms with Crippen molar-refractivity contribution in [1.82, 2.24) is 10.2 Å². The highest BCUT2D eigenvalue weighted by Gasteiger charge is 2.22. The number of carbonyl (C=O) groups is 1. The van der Waals surface area contributed by atoms with Crippen LogP contribution in [0.25, 0.3) is 0 Å². The van der Waals surface area contributed by atoms with Gasteiger partial charge in [-0.25, -0.2) is 8.42 Å². The summed E-state index contributed by atoms with van der Waals surface area (Å²) in [6.07, 6.45) is 6.69. The molecule has 1 fully saturated rings. The zero-order chi connectivity index (χ0) is 17.9. The fourth-order valence-corrected chi connectivity index (χ4v) is 3.61. The Morgan fingerprint density at radius 3 is 2.48 bits per heavy atom. The normalized spacial score (nSPS) is 15.9. The average molecular weight is 363 g/mol. The lowest BCUT2D eigenvalue weighted by Crippen LogP contribution is -2.24. The standard InChI is InChI=1S/C17H21N3O4S/c1-25(22,23)14-9-7-12(8-10-14)11-15-19-20-17(24-15)18-16(21)13-5-3-2-4-6-13/h7-10,13H,2-6,11H2,1H3,(H,18,20,21). The molecule has 25 heavy (non-hydrogen) atoms. The van der Waals surface area contributed by atoms with Crippen molar-refractivity contribution >= 4 is 21.8 Å². The summed E-state index contributed by atoms with van der Waals surface area (Å²) in [4.78, 5) is 12.4. The molecule has 1 aliphatic rings. The molecule has 2 aromatic rings. The number of sulfone groups is 1. The van der Waals surface area contributed by atoms with E-state index >= 15 is 0 Å². The number of anilines is 1. The smallest absolute Gasteiger partial charge is 0.322 e. The molecule has 1 saturated carbocycles. The average Bonchev–Trinajstić information content (AvgIpc) is 3.02. The number of carbonyl (C=O) groups excluding carboxylic acids is 1. The summed E-state index contributed by atoms with van der Waals surface area (Å²) in [5, 5.41) is 10.5. The summed E-state index contributed by atoms with van der Waals surface area (Å²) in [5.41, 5.74) is 0.848. The Labute approximate surface area is 146 Å². The minimum Gasteiger partial charge on any atom is -0.407 e. The molecule has 134 valence electrons. The largest absolute Gasteiger partial charge is 0.407 e. The van der Waals surface area contributed by atoms with E-state index in [1.54, 1.807) is 24.3 Å². The Morgan fingerprint density at radius 2 is 1.84 bits per heavy atom. The van der Waals surface area contributed by atoms with E-state index in [-0.39, 0.29) is 22.7 Å². The van der Waals surface area contributed by atoms with Crippen molar-refractivity contribution < 1.29 is 17.6 Å².